The quantitative estimate of drug-likeness (QED) is 0.836. The zero-order valence-electron chi connectivity index (χ0n) is 11.8. The first-order valence-corrected chi connectivity index (χ1v) is 6.67. The molecule has 2 unspecified atom stereocenters. The summed E-state index contributed by atoms with van der Waals surface area (Å²) in [6.45, 7) is 2.39. The van der Waals surface area contributed by atoms with E-state index in [-0.39, 0.29) is 11.8 Å². The molecule has 1 aromatic heterocycles. The van der Waals surface area contributed by atoms with Gasteiger partial charge in [0.1, 0.15) is 0 Å². The van der Waals surface area contributed by atoms with Gasteiger partial charge in [-0.1, -0.05) is 12.8 Å². The summed E-state index contributed by atoms with van der Waals surface area (Å²) in [4.78, 5) is 14.2. The van der Waals surface area contributed by atoms with Gasteiger partial charge >= 0.3 is 0 Å². The molecule has 2 N–H and O–H groups in total. The molecule has 1 aliphatic rings. The van der Waals surface area contributed by atoms with Crippen LogP contribution in [-0.2, 0) is 18.4 Å². The minimum Gasteiger partial charge on any atom is -0.338 e. The molecule has 1 saturated carbocycles. The van der Waals surface area contributed by atoms with E-state index in [1.807, 2.05) is 6.92 Å². The van der Waals surface area contributed by atoms with E-state index in [2.05, 4.69) is 15.5 Å². The molecule has 19 heavy (non-hydrogen) atoms. The van der Waals surface area contributed by atoms with Crippen molar-refractivity contribution in [3.63, 3.8) is 0 Å². The Hall–Kier alpha value is -1.50. The highest BCUT2D eigenvalue weighted by molar-refractivity contribution is 5.80. The van der Waals surface area contributed by atoms with E-state index in [1.54, 1.807) is 23.7 Å². The standard InChI is InChI=1S/C12H22N6O/c1-12(13)7-5-4-6-9(12)11(19)17(2)8-10-14-15-16-18(10)3/h9H,4-8,13H2,1-3H3. The van der Waals surface area contributed by atoms with Gasteiger partial charge in [0.15, 0.2) is 5.82 Å². The zero-order chi connectivity index (χ0) is 14.0. The Morgan fingerprint density at radius 2 is 2.32 bits per heavy atom. The first-order valence-electron chi connectivity index (χ1n) is 6.67. The summed E-state index contributed by atoms with van der Waals surface area (Å²) in [6, 6.07) is 0. The van der Waals surface area contributed by atoms with Gasteiger partial charge in [0.25, 0.3) is 0 Å². The highest BCUT2D eigenvalue weighted by Gasteiger charge is 2.39. The first kappa shape index (κ1) is 13.9. The number of carbonyl (C=O) groups excluding carboxylic acids is 1. The normalized spacial score (nSPS) is 27.3. The molecule has 7 heteroatoms. The van der Waals surface area contributed by atoms with Gasteiger partial charge in [0.05, 0.1) is 12.5 Å². The van der Waals surface area contributed by atoms with Crippen molar-refractivity contribution < 1.29 is 4.79 Å². The van der Waals surface area contributed by atoms with Gasteiger partial charge in [-0.2, -0.15) is 0 Å². The lowest BCUT2D eigenvalue weighted by Crippen LogP contribution is -2.53. The van der Waals surface area contributed by atoms with Crippen LogP contribution in [0.1, 0.15) is 38.4 Å². The Kier molecular flexibility index (Phi) is 3.84. The van der Waals surface area contributed by atoms with Crippen molar-refractivity contribution in [2.45, 2.75) is 44.7 Å². The fourth-order valence-corrected chi connectivity index (χ4v) is 2.70. The van der Waals surface area contributed by atoms with Crippen LogP contribution in [0, 0.1) is 5.92 Å². The van der Waals surface area contributed by atoms with Gasteiger partial charge < -0.3 is 10.6 Å². The van der Waals surface area contributed by atoms with Crippen LogP contribution < -0.4 is 5.73 Å². The molecule has 0 aromatic carbocycles. The SMILES string of the molecule is CN(Cc1nnnn1C)C(=O)C1CCCCC1(C)N. The molecular weight excluding hydrogens is 244 g/mol. The van der Waals surface area contributed by atoms with Crippen molar-refractivity contribution in [2.24, 2.45) is 18.7 Å². The lowest BCUT2D eigenvalue weighted by atomic mass is 9.74. The maximum absolute atomic E-state index is 12.5. The van der Waals surface area contributed by atoms with E-state index in [1.165, 1.54) is 0 Å². The minimum absolute atomic E-state index is 0.0905. The molecule has 1 amide bonds. The number of aromatic nitrogens is 4. The molecule has 0 spiro atoms. The third-order valence-corrected chi connectivity index (χ3v) is 4.02. The number of nitrogens with zero attached hydrogens (tertiary/aromatic N) is 5. The van der Waals surface area contributed by atoms with Crippen LogP contribution in [0.2, 0.25) is 0 Å². The van der Waals surface area contributed by atoms with Crippen LogP contribution in [-0.4, -0.2) is 43.6 Å². The van der Waals surface area contributed by atoms with E-state index in [4.69, 9.17) is 5.73 Å². The molecular formula is C12H22N6O. The highest BCUT2D eigenvalue weighted by atomic mass is 16.2. The highest BCUT2D eigenvalue weighted by Crippen LogP contribution is 2.32. The predicted octanol–water partition coefficient (Wildman–Crippen LogP) is 0.0761. The van der Waals surface area contributed by atoms with Gasteiger partial charge in [-0.05, 0) is 30.2 Å². The lowest BCUT2D eigenvalue weighted by molar-refractivity contribution is -0.138. The molecule has 1 fully saturated rings. The van der Waals surface area contributed by atoms with E-state index < -0.39 is 5.54 Å². The Morgan fingerprint density at radius 1 is 1.58 bits per heavy atom. The van der Waals surface area contributed by atoms with Crippen LogP contribution in [0.3, 0.4) is 0 Å². The van der Waals surface area contributed by atoms with Crippen molar-refractivity contribution in [3.05, 3.63) is 5.82 Å². The van der Waals surface area contributed by atoms with Crippen LogP contribution in [0.4, 0.5) is 0 Å². The molecule has 0 aliphatic heterocycles. The third kappa shape index (κ3) is 2.91. The van der Waals surface area contributed by atoms with Gasteiger partial charge in [-0.25, -0.2) is 4.68 Å². The Labute approximate surface area is 113 Å². The Bertz CT molecular complexity index is 455. The molecule has 0 bridgehead atoms. The number of aryl methyl sites for hydroxylation is 1. The number of amides is 1. The molecule has 106 valence electrons. The fraction of sp³-hybridized carbons (Fsp3) is 0.833. The maximum atomic E-state index is 12.5. The number of rotatable bonds is 3. The second-order valence-corrected chi connectivity index (χ2v) is 5.72. The van der Waals surface area contributed by atoms with Gasteiger partial charge in [0.2, 0.25) is 5.91 Å². The van der Waals surface area contributed by atoms with Crippen molar-refractivity contribution >= 4 is 5.91 Å². The van der Waals surface area contributed by atoms with Crippen molar-refractivity contribution in [1.82, 2.24) is 25.1 Å². The second kappa shape index (κ2) is 5.24. The zero-order valence-corrected chi connectivity index (χ0v) is 11.8. The number of carbonyl (C=O) groups is 1. The topological polar surface area (TPSA) is 89.9 Å². The van der Waals surface area contributed by atoms with E-state index in [0.29, 0.717) is 12.4 Å². The number of hydrogen-bond donors (Lipinski definition) is 1. The molecule has 2 rings (SSSR count). The molecule has 1 aromatic rings. The average molecular weight is 266 g/mol. The summed E-state index contributed by atoms with van der Waals surface area (Å²) in [5.74, 6) is 0.658. The Morgan fingerprint density at radius 3 is 2.89 bits per heavy atom. The molecule has 0 radical (unpaired) electrons. The second-order valence-electron chi connectivity index (χ2n) is 5.72. The van der Waals surface area contributed by atoms with Gasteiger partial charge in [-0.3, -0.25) is 4.79 Å². The van der Waals surface area contributed by atoms with E-state index in [0.717, 1.165) is 25.7 Å². The van der Waals surface area contributed by atoms with Gasteiger partial charge in [0, 0.05) is 19.6 Å². The molecule has 2 atom stereocenters. The molecule has 1 heterocycles. The monoisotopic (exact) mass is 266 g/mol. The first-order chi connectivity index (χ1) is 8.92. The van der Waals surface area contributed by atoms with Crippen LogP contribution in [0.15, 0.2) is 0 Å². The van der Waals surface area contributed by atoms with Crippen LogP contribution in [0.5, 0.6) is 0 Å². The smallest absolute Gasteiger partial charge is 0.227 e. The molecule has 1 aliphatic carbocycles. The predicted molar refractivity (Wildman–Crippen MR) is 69.8 cm³/mol. The maximum Gasteiger partial charge on any atom is 0.227 e. The van der Waals surface area contributed by atoms with Crippen molar-refractivity contribution in [3.8, 4) is 0 Å². The largest absolute Gasteiger partial charge is 0.338 e. The Balaban J connectivity index is 2.04. The number of tetrazole rings is 1. The summed E-state index contributed by atoms with van der Waals surface area (Å²) >= 11 is 0. The number of hydrogen-bond acceptors (Lipinski definition) is 5. The van der Waals surface area contributed by atoms with Crippen molar-refractivity contribution in [1.29, 1.82) is 0 Å². The summed E-state index contributed by atoms with van der Waals surface area (Å²) in [6.07, 6.45) is 3.95. The summed E-state index contributed by atoms with van der Waals surface area (Å²) in [5, 5.41) is 11.2. The van der Waals surface area contributed by atoms with Crippen molar-refractivity contribution in [2.75, 3.05) is 7.05 Å². The minimum atomic E-state index is -0.401. The van der Waals surface area contributed by atoms with Crippen LogP contribution in [0.25, 0.3) is 0 Å². The van der Waals surface area contributed by atoms with E-state index >= 15 is 0 Å². The molecule has 0 saturated heterocycles. The summed E-state index contributed by atoms with van der Waals surface area (Å²) in [5.41, 5.74) is 5.87. The summed E-state index contributed by atoms with van der Waals surface area (Å²) < 4.78 is 1.58. The van der Waals surface area contributed by atoms with E-state index in [9.17, 15) is 4.79 Å². The fourth-order valence-electron chi connectivity index (χ4n) is 2.70. The lowest BCUT2D eigenvalue weighted by Gasteiger charge is -2.39. The average Bonchev–Trinajstić information content (AvgIpc) is 2.73. The van der Waals surface area contributed by atoms with Crippen LogP contribution >= 0.6 is 0 Å². The third-order valence-electron chi connectivity index (χ3n) is 4.02. The number of nitrogens with two attached hydrogens (primary N) is 1. The summed E-state index contributed by atoms with van der Waals surface area (Å²) in [7, 11) is 3.54. The van der Waals surface area contributed by atoms with Gasteiger partial charge in [-0.15, -0.1) is 5.10 Å². The molecule has 7 nitrogen and oxygen atoms in total.